The van der Waals surface area contributed by atoms with Gasteiger partial charge in [0, 0.05) is 12.7 Å². The topological polar surface area (TPSA) is 36.4 Å². The molecule has 0 atom stereocenters. The molecule has 1 N–H and O–H groups in total. The summed E-state index contributed by atoms with van der Waals surface area (Å²) < 4.78 is 13.8. The average molecular weight is 274 g/mol. The van der Waals surface area contributed by atoms with E-state index in [1.165, 1.54) is 6.07 Å². The van der Waals surface area contributed by atoms with E-state index in [0.29, 0.717) is 11.5 Å². The molecule has 0 aliphatic rings. The minimum Gasteiger partial charge on any atom is -0.392 e. The lowest BCUT2D eigenvalue weighted by molar-refractivity contribution is 0.281. The third kappa shape index (κ3) is 2.96. The van der Waals surface area contributed by atoms with Crippen LogP contribution in [0.1, 0.15) is 31.0 Å². The lowest BCUT2D eigenvalue weighted by Gasteiger charge is -2.21. The number of nitrogens with zero attached hydrogens (tertiary/aromatic N) is 2. The van der Waals surface area contributed by atoms with E-state index in [1.807, 2.05) is 19.9 Å². The quantitative estimate of drug-likeness (QED) is 0.925. The van der Waals surface area contributed by atoms with Crippen molar-refractivity contribution in [1.82, 2.24) is 4.98 Å². The van der Waals surface area contributed by atoms with Crippen molar-refractivity contribution in [3.05, 3.63) is 53.5 Å². The molecule has 2 rings (SSSR count). The van der Waals surface area contributed by atoms with Crippen molar-refractivity contribution in [2.45, 2.75) is 26.4 Å². The Kier molecular flexibility index (Phi) is 4.35. The summed E-state index contributed by atoms with van der Waals surface area (Å²) in [6.07, 6.45) is 0. The zero-order chi connectivity index (χ0) is 14.7. The van der Waals surface area contributed by atoms with Gasteiger partial charge >= 0.3 is 0 Å². The highest BCUT2D eigenvalue weighted by molar-refractivity contribution is 5.60. The highest BCUT2D eigenvalue weighted by Crippen LogP contribution is 2.27. The van der Waals surface area contributed by atoms with Crippen LogP contribution in [0.4, 0.5) is 15.9 Å². The molecule has 1 aromatic carbocycles. The Morgan fingerprint density at radius 1 is 1.25 bits per heavy atom. The summed E-state index contributed by atoms with van der Waals surface area (Å²) in [5, 5.41) is 9.35. The number of pyridine rings is 1. The van der Waals surface area contributed by atoms with E-state index in [4.69, 9.17) is 0 Å². The third-order valence-electron chi connectivity index (χ3n) is 3.22. The van der Waals surface area contributed by atoms with Crippen molar-refractivity contribution in [1.29, 1.82) is 0 Å². The van der Waals surface area contributed by atoms with E-state index in [9.17, 15) is 9.50 Å². The maximum Gasteiger partial charge on any atom is 0.146 e. The van der Waals surface area contributed by atoms with Crippen LogP contribution >= 0.6 is 0 Å². The van der Waals surface area contributed by atoms with Crippen LogP contribution in [0.3, 0.4) is 0 Å². The Balaban J connectivity index is 2.46. The summed E-state index contributed by atoms with van der Waals surface area (Å²) in [6.45, 7) is 4.02. The fourth-order valence-electron chi connectivity index (χ4n) is 2.00. The van der Waals surface area contributed by atoms with Crippen molar-refractivity contribution in [3.63, 3.8) is 0 Å². The molecule has 1 heterocycles. The number of hydrogen-bond donors (Lipinski definition) is 1. The number of benzene rings is 1. The van der Waals surface area contributed by atoms with Crippen molar-refractivity contribution in [3.8, 4) is 0 Å². The standard InChI is InChI=1S/C16H19FN2O/c1-11(2)14-8-12(10-20)9-16(18-14)19(3)15-7-5-4-6-13(15)17/h4-9,11,20H,10H2,1-3H3. The van der Waals surface area contributed by atoms with Gasteiger partial charge in [0.15, 0.2) is 0 Å². The van der Waals surface area contributed by atoms with Crippen LogP contribution in [-0.4, -0.2) is 17.1 Å². The number of anilines is 2. The number of aliphatic hydroxyl groups excluding tert-OH is 1. The van der Waals surface area contributed by atoms with Crippen molar-refractivity contribution in [2.24, 2.45) is 0 Å². The Bertz CT molecular complexity index is 599. The van der Waals surface area contributed by atoms with Gasteiger partial charge in [-0.15, -0.1) is 0 Å². The smallest absolute Gasteiger partial charge is 0.146 e. The lowest BCUT2D eigenvalue weighted by Crippen LogP contribution is -2.14. The molecule has 0 aliphatic carbocycles. The second-order valence-electron chi connectivity index (χ2n) is 5.08. The number of aromatic nitrogens is 1. The Morgan fingerprint density at radius 2 is 1.95 bits per heavy atom. The molecule has 106 valence electrons. The molecule has 0 bridgehead atoms. The number of aliphatic hydroxyl groups is 1. The van der Waals surface area contributed by atoms with Crippen LogP contribution in [0.25, 0.3) is 0 Å². The zero-order valence-electron chi connectivity index (χ0n) is 12.0. The van der Waals surface area contributed by atoms with Crippen LogP contribution in [0.5, 0.6) is 0 Å². The van der Waals surface area contributed by atoms with E-state index < -0.39 is 0 Å². The highest BCUT2D eigenvalue weighted by Gasteiger charge is 2.13. The van der Waals surface area contributed by atoms with Gasteiger partial charge in [0.25, 0.3) is 0 Å². The normalized spacial score (nSPS) is 10.9. The van der Waals surface area contributed by atoms with E-state index in [2.05, 4.69) is 4.98 Å². The van der Waals surface area contributed by atoms with E-state index in [1.54, 1.807) is 36.2 Å². The van der Waals surface area contributed by atoms with E-state index in [-0.39, 0.29) is 18.3 Å². The van der Waals surface area contributed by atoms with Gasteiger partial charge < -0.3 is 10.0 Å². The first kappa shape index (κ1) is 14.5. The molecule has 1 aromatic heterocycles. The zero-order valence-corrected chi connectivity index (χ0v) is 12.0. The fraction of sp³-hybridized carbons (Fsp3) is 0.312. The van der Waals surface area contributed by atoms with Crippen molar-refractivity contribution >= 4 is 11.5 Å². The molecule has 0 fully saturated rings. The van der Waals surface area contributed by atoms with Crippen LogP contribution < -0.4 is 4.90 Å². The highest BCUT2D eigenvalue weighted by atomic mass is 19.1. The average Bonchev–Trinajstić information content (AvgIpc) is 2.46. The maximum absolute atomic E-state index is 13.8. The molecule has 0 radical (unpaired) electrons. The molecule has 2 aromatic rings. The Morgan fingerprint density at radius 3 is 2.55 bits per heavy atom. The lowest BCUT2D eigenvalue weighted by atomic mass is 10.1. The van der Waals surface area contributed by atoms with Crippen molar-refractivity contribution in [2.75, 3.05) is 11.9 Å². The molecule has 0 saturated carbocycles. The molecular formula is C16H19FN2O. The fourth-order valence-corrected chi connectivity index (χ4v) is 2.00. The molecule has 0 aliphatic heterocycles. The van der Waals surface area contributed by atoms with Gasteiger partial charge in [-0.25, -0.2) is 9.37 Å². The van der Waals surface area contributed by atoms with Crippen molar-refractivity contribution < 1.29 is 9.50 Å². The summed E-state index contributed by atoms with van der Waals surface area (Å²) in [5.41, 5.74) is 2.13. The molecule has 0 unspecified atom stereocenters. The summed E-state index contributed by atoms with van der Waals surface area (Å²) in [6, 6.07) is 10.2. The summed E-state index contributed by atoms with van der Waals surface area (Å²) in [7, 11) is 1.77. The van der Waals surface area contributed by atoms with Gasteiger partial charge in [0.1, 0.15) is 11.6 Å². The first-order valence-corrected chi connectivity index (χ1v) is 6.63. The number of hydrogen-bond acceptors (Lipinski definition) is 3. The molecule has 0 amide bonds. The summed E-state index contributed by atoms with van der Waals surface area (Å²) >= 11 is 0. The third-order valence-corrected chi connectivity index (χ3v) is 3.22. The molecule has 0 saturated heterocycles. The number of para-hydroxylation sites is 1. The molecule has 3 nitrogen and oxygen atoms in total. The maximum atomic E-state index is 13.8. The van der Waals surface area contributed by atoms with Gasteiger partial charge in [0.05, 0.1) is 12.3 Å². The van der Waals surface area contributed by atoms with Gasteiger partial charge in [-0.05, 0) is 35.7 Å². The SMILES string of the molecule is CC(C)c1cc(CO)cc(N(C)c2ccccc2F)n1. The summed E-state index contributed by atoms with van der Waals surface area (Å²) in [5.74, 6) is 0.580. The van der Waals surface area contributed by atoms with Crippen LogP contribution in [-0.2, 0) is 6.61 Å². The van der Waals surface area contributed by atoms with Crippen LogP contribution in [0.15, 0.2) is 36.4 Å². The first-order chi connectivity index (χ1) is 9.52. The molecule has 0 spiro atoms. The molecule has 20 heavy (non-hydrogen) atoms. The van der Waals surface area contributed by atoms with Gasteiger partial charge in [-0.3, -0.25) is 0 Å². The second kappa shape index (κ2) is 6.01. The Labute approximate surface area is 118 Å². The van der Waals surface area contributed by atoms with Gasteiger partial charge in [-0.2, -0.15) is 0 Å². The first-order valence-electron chi connectivity index (χ1n) is 6.63. The molecular weight excluding hydrogens is 255 g/mol. The monoisotopic (exact) mass is 274 g/mol. The second-order valence-corrected chi connectivity index (χ2v) is 5.08. The van der Waals surface area contributed by atoms with E-state index >= 15 is 0 Å². The minimum atomic E-state index is -0.294. The van der Waals surface area contributed by atoms with Crippen LogP contribution in [0, 0.1) is 5.82 Å². The molecule has 4 heteroatoms. The van der Waals surface area contributed by atoms with Gasteiger partial charge in [-0.1, -0.05) is 26.0 Å². The minimum absolute atomic E-state index is 0.0552. The predicted molar refractivity (Wildman–Crippen MR) is 78.7 cm³/mol. The Hall–Kier alpha value is -1.94. The van der Waals surface area contributed by atoms with Gasteiger partial charge in [0.2, 0.25) is 0 Å². The predicted octanol–water partition coefficient (Wildman–Crippen LogP) is 3.60. The number of rotatable bonds is 4. The summed E-state index contributed by atoms with van der Waals surface area (Å²) in [4.78, 5) is 6.24. The largest absolute Gasteiger partial charge is 0.392 e. The van der Waals surface area contributed by atoms with E-state index in [0.717, 1.165) is 11.3 Å². The number of halogens is 1. The van der Waals surface area contributed by atoms with Crippen LogP contribution in [0.2, 0.25) is 0 Å².